The highest BCUT2D eigenvalue weighted by Crippen LogP contribution is 2.25. The second-order valence-electron chi connectivity index (χ2n) is 4.21. The molecule has 0 saturated heterocycles. The molecule has 0 radical (unpaired) electrons. The summed E-state index contributed by atoms with van der Waals surface area (Å²) in [5, 5.41) is 14.9. The molecule has 2 heterocycles. The first-order valence-electron chi connectivity index (χ1n) is 6.60. The monoisotopic (exact) mass is 337 g/mol. The second-order valence-corrected chi connectivity index (χ2v) is 6.45. The van der Waals surface area contributed by atoms with Gasteiger partial charge in [-0.1, -0.05) is 36.1 Å². The standard InChI is InChI=1S/C13H15N5O2S2/c1-3-7-18-10(19)6-5-9(17-18)11(20)14-12-15-16-13(22-12)21-8-4-2/h4-6H,2-3,7-8H2,1H3,(H,14,15,20). The Morgan fingerprint density at radius 3 is 3.05 bits per heavy atom. The predicted octanol–water partition coefficient (Wildman–Crippen LogP) is 2.04. The summed E-state index contributed by atoms with van der Waals surface area (Å²) < 4.78 is 2.03. The first-order valence-corrected chi connectivity index (χ1v) is 8.41. The molecule has 2 rings (SSSR count). The fourth-order valence-corrected chi connectivity index (χ4v) is 3.06. The maximum atomic E-state index is 12.1. The molecule has 0 spiro atoms. The van der Waals surface area contributed by atoms with E-state index in [4.69, 9.17) is 0 Å². The smallest absolute Gasteiger partial charge is 0.277 e. The molecule has 0 fully saturated rings. The van der Waals surface area contributed by atoms with Gasteiger partial charge in [0.25, 0.3) is 11.5 Å². The Kier molecular flexibility index (Phi) is 5.84. The number of anilines is 1. The molecule has 0 aliphatic carbocycles. The average Bonchev–Trinajstić information content (AvgIpc) is 2.95. The summed E-state index contributed by atoms with van der Waals surface area (Å²) in [6, 6.07) is 2.74. The molecule has 2 aromatic rings. The predicted molar refractivity (Wildman–Crippen MR) is 87.6 cm³/mol. The molecule has 0 aromatic carbocycles. The van der Waals surface area contributed by atoms with Crippen LogP contribution >= 0.6 is 23.1 Å². The quantitative estimate of drug-likeness (QED) is 0.472. The number of hydrogen-bond acceptors (Lipinski definition) is 7. The van der Waals surface area contributed by atoms with Gasteiger partial charge in [0.2, 0.25) is 5.13 Å². The van der Waals surface area contributed by atoms with Crippen LogP contribution in [-0.4, -0.2) is 31.6 Å². The largest absolute Gasteiger partial charge is 0.295 e. The molecule has 0 atom stereocenters. The molecule has 1 N–H and O–H groups in total. The van der Waals surface area contributed by atoms with Gasteiger partial charge >= 0.3 is 0 Å². The van der Waals surface area contributed by atoms with E-state index >= 15 is 0 Å². The Bertz CT molecular complexity index is 725. The van der Waals surface area contributed by atoms with Crippen molar-refractivity contribution >= 4 is 34.1 Å². The van der Waals surface area contributed by atoms with Gasteiger partial charge in [-0.15, -0.1) is 16.8 Å². The number of carbonyl (C=O) groups excluding carboxylic acids is 1. The zero-order chi connectivity index (χ0) is 15.9. The SMILES string of the molecule is C=CCSc1nnc(NC(=O)c2ccc(=O)n(CCC)n2)s1. The van der Waals surface area contributed by atoms with Crippen LogP contribution in [0.2, 0.25) is 0 Å². The fourth-order valence-electron chi connectivity index (χ4n) is 1.55. The lowest BCUT2D eigenvalue weighted by Gasteiger charge is -2.04. The Labute approximate surface area is 135 Å². The van der Waals surface area contributed by atoms with Crippen molar-refractivity contribution < 1.29 is 4.79 Å². The van der Waals surface area contributed by atoms with Crippen LogP contribution in [0, 0.1) is 0 Å². The number of carbonyl (C=O) groups is 1. The van der Waals surface area contributed by atoms with Gasteiger partial charge < -0.3 is 0 Å². The molecule has 0 aliphatic rings. The minimum atomic E-state index is -0.415. The van der Waals surface area contributed by atoms with E-state index in [0.29, 0.717) is 11.7 Å². The maximum absolute atomic E-state index is 12.1. The van der Waals surface area contributed by atoms with Crippen LogP contribution in [0.1, 0.15) is 23.8 Å². The van der Waals surface area contributed by atoms with E-state index in [0.717, 1.165) is 16.5 Å². The van der Waals surface area contributed by atoms with E-state index in [-0.39, 0.29) is 11.3 Å². The highest BCUT2D eigenvalue weighted by atomic mass is 32.2. The van der Waals surface area contributed by atoms with Gasteiger partial charge in [-0.25, -0.2) is 4.68 Å². The summed E-state index contributed by atoms with van der Waals surface area (Å²) in [4.78, 5) is 23.7. The minimum Gasteiger partial charge on any atom is -0.295 e. The molecule has 0 bridgehead atoms. The number of nitrogens with one attached hydrogen (secondary N) is 1. The average molecular weight is 337 g/mol. The summed E-state index contributed by atoms with van der Waals surface area (Å²) in [5.41, 5.74) is -0.0547. The van der Waals surface area contributed by atoms with E-state index in [9.17, 15) is 9.59 Å². The lowest BCUT2D eigenvalue weighted by Crippen LogP contribution is -2.26. The lowest BCUT2D eigenvalue weighted by atomic mass is 10.3. The minimum absolute atomic E-state index is 0.170. The van der Waals surface area contributed by atoms with E-state index in [2.05, 4.69) is 27.2 Å². The number of hydrogen-bond donors (Lipinski definition) is 1. The normalized spacial score (nSPS) is 10.4. The molecule has 1 amide bonds. The number of thioether (sulfide) groups is 1. The van der Waals surface area contributed by atoms with Crippen molar-refractivity contribution in [3.8, 4) is 0 Å². The summed E-state index contributed by atoms with van der Waals surface area (Å²) in [6.07, 6.45) is 2.53. The van der Waals surface area contributed by atoms with Crippen LogP contribution in [0.15, 0.2) is 33.9 Å². The number of rotatable bonds is 7. The first kappa shape index (κ1) is 16.4. The van der Waals surface area contributed by atoms with Crippen LogP contribution < -0.4 is 10.9 Å². The number of nitrogens with zero attached hydrogens (tertiary/aromatic N) is 4. The van der Waals surface area contributed by atoms with Crippen LogP contribution in [0.25, 0.3) is 0 Å². The van der Waals surface area contributed by atoms with Crippen molar-refractivity contribution in [3.63, 3.8) is 0 Å². The maximum Gasteiger partial charge on any atom is 0.277 e. The molecule has 7 nitrogen and oxygen atoms in total. The molecule has 116 valence electrons. The van der Waals surface area contributed by atoms with Crippen molar-refractivity contribution in [1.82, 2.24) is 20.0 Å². The second kappa shape index (κ2) is 7.85. The van der Waals surface area contributed by atoms with Gasteiger partial charge in [0.05, 0.1) is 0 Å². The Morgan fingerprint density at radius 1 is 1.50 bits per heavy atom. The van der Waals surface area contributed by atoms with E-state index in [1.807, 2.05) is 6.92 Å². The van der Waals surface area contributed by atoms with Gasteiger partial charge in [-0.3, -0.25) is 14.9 Å². The van der Waals surface area contributed by atoms with Crippen LogP contribution in [-0.2, 0) is 6.54 Å². The Balaban J connectivity index is 2.08. The third-order valence-corrected chi connectivity index (χ3v) is 4.45. The zero-order valence-corrected chi connectivity index (χ0v) is 13.6. The summed E-state index contributed by atoms with van der Waals surface area (Å²) in [5.74, 6) is 0.313. The van der Waals surface area contributed by atoms with Crippen molar-refractivity contribution in [3.05, 3.63) is 40.8 Å². The van der Waals surface area contributed by atoms with Crippen LogP contribution in [0.5, 0.6) is 0 Å². The fraction of sp³-hybridized carbons (Fsp3) is 0.308. The highest BCUT2D eigenvalue weighted by molar-refractivity contribution is 8.01. The van der Waals surface area contributed by atoms with Gasteiger partial charge in [-0.05, 0) is 12.5 Å². The summed E-state index contributed by atoms with van der Waals surface area (Å²) in [7, 11) is 0. The number of aromatic nitrogens is 4. The molecule has 0 unspecified atom stereocenters. The number of amides is 1. The summed E-state index contributed by atoms with van der Waals surface area (Å²) in [6.45, 7) is 6.04. The molecule has 9 heteroatoms. The third-order valence-electron chi connectivity index (χ3n) is 2.49. The molecule has 2 aromatic heterocycles. The molecule has 0 saturated carbocycles. The number of aryl methyl sites for hydroxylation is 1. The molecular formula is C13H15N5O2S2. The molecular weight excluding hydrogens is 322 g/mol. The van der Waals surface area contributed by atoms with Gasteiger partial charge in [0.15, 0.2) is 4.34 Å². The van der Waals surface area contributed by atoms with Crippen LogP contribution in [0.4, 0.5) is 5.13 Å². The molecule has 0 aliphatic heterocycles. The molecule has 22 heavy (non-hydrogen) atoms. The topological polar surface area (TPSA) is 89.8 Å². The van der Waals surface area contributed by atoms with Crippen molar-refractivity contribution in [2.45, 2.75) is 24.2 Å². The lowest BCUT2D eigenvalue weighted by molar-refractivity contribution is 0.101. The van der Waals surface area contributed by atoms with E-state index < -0.39 is 5.91 Å². The van der Waals surface area contributed by atoms with Gasteiger partial charge in [0.1, 0.15) is 5.69 Å². The van der Waals surface area contributed by atoms with Crippen molar-refractivity contribution in [2.24, 2.45) is 0 Å². The zero-order valence-electron chi connectivity index (χ0n) is 12.0. The van der Waals surface area contributed by atoms with Gasteiger partial charge in [0, 0.05) is 18.4 Å². The van der Waals surface area contributed by atoms with E-state index in [1.54, 1.807) is 6.08 Å². The van der Waals surface area contributed by atoms with Crippen LogP contribution in [0.3, 0.4) is 0 Å². The van der Waals surface area contributed by atoms with E-state index in [1.165, 1.54) is 39.9 Å². The third kappa shape index (κ3) is 4.25. The Hall–Kier alpha value is -2.00. The Morgan fingerprint density at radius 2 is 2.32 bits per heavy atom. The first-order chi connectivity index (χ1) is 10.6. The highest BCUT2D eigenvalue weighted by Gasteiger charge is 2.13. The van der Waals surface area contributed by atoms with Gasteiger partial charge in [-0.2, -0.15) is 5.10 Å². The summed E-state index contributed by atoms with van der Waals surface area (Å²) >= 11 is 2.77. The van der Waals surface area contributed by atoms with Crippen molar-refractivity contribution in [1.29, 1.82) is 0 Å². The van der Waals surface area contributed by atoms with Crippen molar-refractivity contribution in [2.75, 3.05) is 11.1 Å².